The zero-order valence-electron chi connectivity index (χ0n) is 19.7. The summed E-state index contributed by atoms with van der Waals surface area (Å²) in [6.45, 7) is 5.07. The molecule has 3 aromatic carbocycles. The Labute approximate surface area is 205 Å². The number of rotatable bonds is 8. The van der Waals surface area contributed by atoms with Gasteiger partial charge in [0, 0.05) is 6.54 Å². The minimum atomic E-state index is -0.0411. The summed E-state index contributed by atoms with van der Waals surface area (Å²) in [5.74, 6) is 1.28. The first-order valence-corrected chi connectivity index (χ1v) is 12.1. The molecule has 1 aliphatic heterocycles. The Kier molecular flexibility index (Phi) is 7.70. The number of methoxy groups -OCH3 is 1. The lowest BCUT2D eigenvalue weighted by molar-refractivity contribution is -0.122. The Morgan fingerprint density at radius 2 is 1.76 bits per heavy atom. The second-order valence-electron chi connectivity index (χ2n) is 7.88. The molecule has 1 saturated heterocycles. The van der Waals surface area contributed by atoms with Crippen LogP contribution in [0, 0.1) is 6.92 Å². The highest BCUT2D eigenvalue weighted by Crippen LogP contribution is 2.36. The van der Waals surface area contributed by atoms with Crippen LogP contribution in [0.15, 0.2) is 82.7 Å². The van der Waals surface area contributed by atoms with Crippen LogP contribution >= 0.6 is 11.8 Å². The molecule has 4 rings (SSSR count). The second-order valence-corrected chi connectivity index (χ2v) is 8.89. The number of aryl methyl sites for hydroxylation is 1. The van der Waals surface area contributed by atoms with Crippen molar-refractivity contribution in [3.63, 3.8) is 0 Å². The summed E-state index contributed by atoms with van der Waals surface area (Å²) in [6, 6.07) is 23.9. The summed E-state index contributed by atoms with van der Waals surface area (Å²) in [5, 5.41) is 0.689. The van der Waals surface area contributed by atoms with Crippen LogP contribution in [0.3, 0.4) is 0 Å². The highest BCUT2D eigenvalue weighted by Gasteiger charge is 2.33. The summed E-state index contributed by atoms with van der Waals surface area (Å²) >= 11 is 1.40. The molecule has 5 nitrogen and oxygen atoms in total. The SMILES string of the molecule is CCOc1cc(/C=C2\SC(=Nc3ccc(C)cc3)N(CCc3ccccc3)C2=O)ccc1OC. The largest absolute Gasteiger partial charge is 0.493 e. The molecule has 1 heterocycles. The Hall–Kier alpha value is -3.51. The predicted octanol–water partition coefficient (Wildman–Crippen LogP) is 6.25. The van der Waals surface area contributed by atoms with Crippen LogP contribution in [0.4, 0.5) is 5.69 Å². The van der Waals surface area contributed by atoms with Crippen molar-refractivity contribution in [1.29, 1.82) is 0 Å². The molecule has 0 bridgehead atoms. The molecule has 174 valence electrons. The number of hydrogen-bond donors (Lipinski definition) is 0. The predicted molar refractivity (Wildman–Crippen MR) is 140 cm³/mol. The molecule has 34 heavy (non-hydrogen) atoms. The molecule has 0 aliphatic carbocycles. The van der Waals surface area contributed by atoms with Crippen molar-refractivity contribution in [1.82, 2.24) is 4.90 Å². The highest BCUT2D eigenvalue weighted by molar-refractivity contribution is 8.18. The molecule has 0 aromatic heterocycles. The minimum absolute atomic E-state index is 0.0411. The van der Waals surface area contributed by atoms with Gasteiger partial charge in [-0.05, 0) is 73.5 Å². The molecule has 6 heteroatoms. The van der Waals surface area contributed by atoms with E-state index in [-0.39, 0.29) is 5.91 Å². The molecule has 1 aliphatic rings. The van der Waals surface area contributed by atoms with Gasteiger partial charge in [-0.3, -0.25) is 9.69 Å². The first kappa shape index (κ1) is 23.6. The lowest BCUT2D eigenvalue weighted by Crippen LogP contribution is -2.31. The lowest BCUT2D eigenvalue weighted by atomic mass is 10.1. The van der Waals surface area contributed by atoms with E-state index in [9.17, 15) is 4.79 Å². The van der Waals surface area contributed by atoms with Crippen LogP contribution in [0.2, 0.25) is 0 Å². The maximum absolute atomic E-state index is 13.4. The van der Waals surface area contributed by atoms with E-state index in [1.165, 1.54) is 22.9 Å². The van der Waals surface area contributed by atoms with Gasteiger partial charge in [-0.15, -0.1) is 0 Å². The fourth-order valence-electron chi connectivity index (χ4n) is 3.61. The summed E-state index contributed by atoms with van der Waals surface area (Å²) < 4.78 is 11.1. The smallest absolute Gasteiger partial charge is 0.266 e. The first-order valence-electron chi connectivity index (χ1n) is 11.3. The Balaban J connectivity index is 1.64. The van der Waals surface area contributed by atoms with Crippen molar-refractivity contribution < 1.29 is 14.3 Å². The monoisotopic (exact) mass is 472 g/mol. The third kappa shape index (κ3) is 5.69. The van der Waals surface area contributed by atoms with Gasteiger partial charge >= 0.3 is 0 Å². The number of aliphatic imine (C=N–C) groups is 1. The van der Waals surface area contributed by atoms with Gasteiger partial charge in [-0.2, -0.15) is 0 Å². The fourth-order valence-corrected chi connectivity index (χ4v) is 4.63. The number of benzene rings is 3. The lowest BCUT2D eigenvalue weighted by Gasteiger charge is -2.15. The number of ether oxygens (including phenoxy) is 2. The van der Waals surface area contributed by atoms with E-state index in [4.69, 9.17) is 14.5 Å². The zero-order valence-corrected chi connectivity index (χ0v) is 20.5. The van der Waals surface area contributed by atoms with Crippen molar-refractivity contribution in [3.05, 3.63) is 94.4 Å². The molecule has 0 unspecified atom stereocenters. The quantitative estimate of drug-likeness (QED) is 0.364. The third-order valence-corrected chi connectivity index (χ3v) is 6.41. The van der Waals surface area contributed by atoms with Crippen LogP contribution in [0.25, 0.3) is 6.08 Å². The molecule has 0 saturated carbocycles. The van der Waals surface area contributed by atoms with E-state index < -0.39 is 0 Å². The van der Waals surface area contributed by atoms with Gasteiger partial charge in [0.25, 0.3) is 5.91 Å². The summed E-state index contributed by atoms with van der Waals surface area (Å²) in [5.41, 5.74) is 4.06. The topological polar surface area (TPSA) is 51.1 Å². The average molecular weight is 473 g/mol. The Morgan fingerprint density at radius 3 is 2.47 bits per heavy atom. The normalized spacial score (nSPS) is 15.9. The van der Waals surface area contributed by atoms with E-state index >= 15 is 0 Å². The van der Waals surface area contributed by atoms with Crippen LogP contribution in [-0.2, 0) is 11.2 Å². The van der Waals surface area contributed by atoms with Gasteiger partial charge in [0.05, 0.1) is 24.3 Å². The number of thioether (sulfide) groups is 1. The fraction of sp³-hybridized carbons (Fsp3) is 0.214. The van der Waals surface area contributed by atoms with Gasteiger partial charge in [0.2, 0.25) is 0 Å². The van der Waals surface area contributed by atoms with E-state index in [0.717, 1.165) is 17.7 Å². The van der Waals surface area contributed by atoms with Gasteiger partial charge in [-0.25, -0.2) is 4.99 Å². The molecule has 0 radical (unpaired) electrons. The second kappa shape index (κ2) is 11.1. The zero-order chi connectivity index (χ0) is 23.9. The van der Waals surface area contributed by atoms with Crippen LogP contribution < -0.4 is 9.47 Å². The molecular weight excluding hydrogens is 444 g/mol. The van der Waals surface area contributed by atoms with Crippen molar-refractivity contribution in [2.24, 2.45) is 4.99 Å². The minimum Gasteiger partial charge on any atom is -0.493 e. The number of amidine groups is 1. The van der Waals surface area contributed by atoms with Crippen molar-refractivity contribution in [3.8, 4) is 11.5 Å². The van der Waals surface area contributed by atoms with Crippen molar-refractivity contribution >= 4 is 34.6 Å². The summed E-state index contributed by atoms with van der Waals surface area (Å²) in [4.78, 5) is 20.6. The van der Waals surface area contributed by atoms with Gasteiger partial charge in [0.15, 0.2) is 16.7 Å². The molecule has 0 atom stereocenters. The van der Waals surface area contributed by atoms with Crippen molar-refractivity contribution in [2.45, 2.75) is 20.3 Å². The van der Waals surface area contributed by atoms with E-state index in [1.54, 1.807) is 12.0 Å². The van der Waals surface area contributed by atoms with Gasteiger partial charge in [-0.1, -0.05) is 54.1 Å². The van der Waals surface area contributed by atoms with Crippen molar-refractivity contribution in [2.75, 3.05) is 20.3 Å². The number of hydrogen-bond acceptors (Lipinski definition) is 5. The molecule has 0 N–H and O–H groups in total. The average Bonchev–Trinajstić information content (AvgIpc) is 3.14. The Bertz CT molecular complexity index is 1200. The molecule has 1 fully saturated rings. The third-order valence-electron chi connectivity index (χ3n) is 5.40. The van der Waals surface area contributed by atoms with Crippen LogP contribution in [0.5, 0.6) is 11.5 Å². The molecular formula is C28H28N2O3S. The van der Waals surface area contributed by atoms with Crippen LogP contribution in [0.1, 0.15) is 23.6 Å². The van der Waals surface area contributed by atoms with E-state index in [0.29, 0.717) is 34.7 Å². The summed E-state index contributed by atoms with van der Waals surface area (Å²) in [7, 11) is 1.62. The van der Waals surface area contributed by atoms with E-state index in [1.807, 2.05) is 80.6 Å². The maximum atomic E-state index is 13.4. The Morgan fingerprint density at radius 1 is 1.00 bits per heavy atom. The van der Waals surface area contributed by atoms with E-state index in [2.05, 4.69) is 12.1 Å². The number of carbonyl (C=O) groups is 1. The van der Waals surface area contributed by atoms with Crippen LogP contribution in [-0.4, -0.2) is 36.2 Å². The molecule has 0 spiro atoms. The van der Waals surface area contributed by atoms with Gasteiger partial charge < -0.3 is 9.47 Å². The number of carbonyl (C=O) groups excluding carboxylic acids is 1. The standard InChI is InChI=1S/C28H28N2O3S/c1-4-33-25-18-22(12-15-24(25)32-3)19-26-27(31)30(17-16-21-8-6-5-7-9-21)28(34-26)29-23-13-10-20(2)11-14-23/h5-15,18-19H,4,16-17H2,1-3H3/b26-19-,29-28?. The van der Waals surface area contributed by atoms with Gasteiger partial charge in [0.1, 0.15) is 0 Å². The molecule has 3 aromatic rings. The maximum Gasteiger partial charge on any atom is 0.266 e. The molecule has 1 amide bonds. The number of nitrogens with zero attached hydrogens (tertiary/aromatic N) is 2. The first-order chi connectivity index (χ1) is 16.6. The highest BCUT2D eigenvalue weighted by atomic mass is 32.2. The summed E-state index contributed by atoms with van der Waals surface area (Å²) in [6.07, 6.45) is 2.65. The number of amides is 1.